The number of hydrogen-bond donors (Lipinski definition) is 1. The molecule has 1 N–H and O–H groups in total. The van der Waals surface area contributed by atoms with Gasteiger partial charge in [0.25, 0.3) is 11.6 Å². The first-order valence-electron chi connectivity index (χ1n) is 12.5. The maximum atomic E-state index is 13.1. The molecule has 2 aliphatic rings. The molecule has 0 spiro atoms. The molecule has 0 unspecified atom stereocenters. The third-order valence-corrected chi connectivity index (χ3v) is 8.17. The van der Waals surface area contributed by atoms with E-state index in [0.717, 1.165) is 46.9 Å². The Labute approximate surface area is 229 Å². The van der Waals surface area contributed by atoms with Crippen LogP contribution in [0.15, 0.2) is 59.1 Å². The van der Waals surface area contributed by atoms with Gasteiger partial charge in [0, 0.05) is 61.1 Å². The number of carbonyl (C=O) groups is 1. The summed E-state index contributed by atoms with van der Waals surface area (Å²) in [7, 11) is 0. The number of piperidine rings is 1. The number of benzene rings is 3. The Morgan fingerprint density at radius 2 is 1.59 bits per heavy atom. The Bertz CT molecular complexity index is 1350. The summed E-state index contributed by atoms with van der Waals surface area (Å²) in [4.78, 5) is 30.8. The first kappa shape index (κ1) is 25.4. The molecule has 0 saturated carbocycles. The molecule has 0 radical (unpaired) electrons. The van der Waals surface area contributed by atoms with Crippen LogP contribution in [0.25, 0.3) is 10.8 Å². The monoisotopic (exact) mass is 581 g/mol. The van der Waals surface area contributed by atoms with Crippen molar-refractivity contribution < 1.29 is 9.72 Å². The van der Waals surface area contributed by atoms with Crippen molar-refractivity contribution in [1.29, 1.82) is 0 Å². The molecule has 3 aromatic carbocycles. The van der Waals surface area contributed by atoms with Gasteiger partial charge in [-0.05, 0) is 66.5 Å². The Balaban J connectivity index is 1.24. The summed E-state index contributed by atoms with van der Waals surface area (Å²) < 4.78 is 0.938. The van der Waals surface area contributed by atoms with Crippen LogP contribution in [-0.4, -0.2) is 60.1 Å². The molecule has 2 fully saturated rings. The molecular weight excluding hydrogens is 554 g/mol. The number of piperazine rings is 1. The zero-order valence-corrected chi connectivity index (χ0v) is 22.8. The highest BCUT2D eigenvalue weighted by molar-refractivity contribution is 9.10. The molecule has 37 heavy (non-hydrogen) atoms. The number of carbonyl (C=O) groups excluding carboxylic acids is 1. The van der Waals surface area contributed by atoms with E-state index >= 15 is 0 Å². The highest BCUT2D eigenvalue weighted by Gasteiger charge is 2.25. The third-order valence-electron chi connectivity index (χ3n) is 7.12. The van der Waals surface area contributed by atoms with Crippen LogP contribution in [0.1, 0.15) is 29.6 Å². The van der Waals surface area contributed by atoms with Crippen LogP contribution >= 0.6 is 28.1 Å². The van der Waals surface area contributed by atoms with Crippen molar-refractivity contribution in [3.63, 3.8) is 0 Å². The van der Waals surface area contributed by atoms with Crippen molar-refractivity contribution in [1.82, 2.24) is 10.2 Å². The number of rotatable bonds is 4. The molecule has 0 aliphatic carbocycles. The van der Waals surface area contributed by atoms with Crippen LogP contribution in [0, 0.1) is 10.1 Å². The smallest absolute Gasteiger partial charge is 0.292 e. The van der Waals surface area contributed by atoms with E-state index in [2.05, 4.69) is 31.0 Å². The summed E-state index contributed by atoms with van der Waals surface area (Å²) in [6.07, 6.45) is 3.28. The fourth-order valence-electron chi connectivity index (χ4n) is 5.13. The van der Waals surface area contributed by atoms with Crippen molar-refractivity contribution in [2.75, 3.05) is 49.1 Å². The number of hydrogen-bond acceptors (Lipinski definition) is 6. The lowest BCUT2D eigenvalue weighted by molar-refractivity contribution is -0.384. The number of nitro groups is 1. The van der Waals surface area contributed by atoms with Gasteiger partial charge in [0.2, 0.25) is 0 Å². The highest BCUT2D eigenvalue weighted by atomic mass is 79.9. The van der Waals surface area contributed by atoms with E-state index < -0.39 is 0 Å². The Kier molecular flexibility index (Phi) is 7.57. The highest BCUT2D eigenvalue weighted by Crippen LogP contribution is 2.34. The van der Waals surface area contributed by atoms with E-state index in [9.17, 15) is 14.9 Å². The van der Waals surface area contributed by atoms with Gasteiger partial charge in [0.05, 0.1) is 4.92 Å². The molecular formula is C27H28BrN5O3S. The Hall–Kier alpha value is -3.24. The van der Waals surface area contributed by atoms with Crippen LogP contribution in [0.3, 0.4) is 0 Å². The van der Waals surface area contributed by atoms with Gasteiger partial charge in [-0.1, -0.05) is 40.2 Å². The third kappa shape index (κ3) is 5.40. The van der Waals surface area contributed by atoms with E-state index in [4.69, 9.17) is 12.2 Å². The molecule has 0 atom stereocenters. The fraction of sp³-hybridized carbons (Fsp3) is 0.333. The van der Waals surface area contributed by atoms with Crippen LogP contribution in [0.2, 0.25) is 0 Å². The molecule has 2 aliphatic heterocycles. The number of nitrogens with one attached hydrogen (secondary N) is 1. The van der Waals surface area contributed by atoms with Crippen LogP contribution < -0.4 is 15.1 Å². The second kappa shape index (κ2) is 11.0. The van der Waals surface area contributed by atoms with E-state index in [-0.39, 0.29) is 16.5 Å². The standard InChI is InChI=1S/C27H28BrN5O3S/c28-23-9-5-6-20-21(23)7-4-8-22(20)26(34)29-27(37)32-16-14-30(15-17-32)19-10-11-24(33(35)36)25(18-19)31-12-2-1-3-13-31/h4-11,18H,1-3,12-17H2,(H,29,34,37). The number of thiocarbonyl (C=S) groups is 1. The molecule has 2 saturated heterocycles. The quantitative estimate of drug-likeness (QED) is 0.253. The molecule has 8 nitrogen and oxygen atoms in total. The van der Waals surface area contributed by atoms with E-state index in [1.807, 2.05) is 47.4 Å². The first-order chi connectivity index (χ1) is 17.9. The van der Waals surface area contributed by atoms with Crippen LogP contribution in [0.4, 0.5) is 17.1 Å². The summed E-state index contributed by atoms with van der Waals surface area (Å²) in [5.74, 6) is -0.224. The van der Waals surface area contributed by atoms with E-state index in [1.165, 1.54) is 6.42 Å². The molecule has 5 rings (SSSR count). The summed E-state index contributed by atoms with van der Waals surface area (Å²) in [6, 6.07) is 16.9. The van der Waals surface area contributed by atoms with Crippen molar-refractivity contribution in [3.8, 4) is 0 Å². The SMILES string of the molecule is O=C(NC(=S)N1CCN(c2ccc([N+](=O)[O-])c(N3CCCCC3)c2)CC1)c1cccc2c(Br)cccc12. The van der Waals surface area contributed by atoms with Crippen molar-refractivity contribution >= 4 is 67.0 Å². The van der Waals surface area contributed by atoms with Crippen molar-refractivity contribution in [3.05, 3.63) is 74.7 Å². The lowest BCUT2D eigenvalue weighted by Gasteiger charge is -2.37. The number of halogens is 1. The van der Waals surface area contributed by atoms with Gasteiger partial charge in [-0.3, -0.25) is 20.2 Å². The van der Waals surface area contributed by atoms with Gasteiger partial charge in [-0.15, -0.1) is 0 Å². The second-order valence-corrected chi connectivity index (χ2v) is 10.6. The van der Waals surface area contributed by atoms with Crippen molar-refractivity contribution in [2.24, 2.45) is 0 Å². The van der Waals surface area contributed by atoms with Crippen LogP contribution in [0.5, 0.6) is 0 Å². The van der Waals surface area contributed by atoms with Gasteiger partial charge in [0.1, 0.15) is 5.69 Å². The lowest BCUT2D eigenvalue weighted by atomic mass is 10.0. The Morgan fingerprint density at radius 1 is 0.892 bits per heavy atom. The molecule has 0 bridgehead atoms. The molecule has 3 aromatic rings. The molecule has 192 valence electrons. The predicted octanol–water partition coefficient (Wildman–Crippen LogP) is 5.34. The number of nitro benzene ring substituents is 1. The lowest BCUT2D eigenvalue weighted by Crippen LogP contribution is -2.52. The molecule has 0 aromatic heterocycles. The summed E-state index contributed by atoms with van der Waals surface area (Å²) in [6.45, 7) is 4.40. The van der Waals surface area contributed by atoms with Gasteiger partial charge in [-0.25, -0.2) is 0 Å². The zero-order valence-electron chi connectivity index (χ0n) is 20.4. The number of anilines is 2. The maximum absolute atomic E-state index is 13.1. The number of amides is 1. The van der Waals surface area contributed by atoms with E-state index in [0.29, 0.717) is 42.5 Å². The minimum absolute atomic E-state index is 0.161. The van der Waals surface area contributed by atoms with Gasteiger partial charge in [-0.2, -0.15) is 0 Å². The van der Waals surface area contributed by atoms with Gasteiger partial charge < -0.3 is 14.7 Å². The summed E-state index contributed by atoms with van der Waals surface area (Å²) in [5, 5.41) is 16.8. The van der Waals surface area contributed by atoms with Gasteiger partial charge in [0.15, 0.2) is 5.11 Å². The minimum atomic E-state index is -0.290. The van der Waals surface area contributed by atoms with Crippen molar-refractivity contribution in [2.45, 2.75) is 19.3 Å². The second-order valence-electron chi connectivity index (χ2n) is 9.35. The number of nitrogens with zero attached hydrogens (tertiary/aromatic N) is 4. The Morgan fingerprint density at radius 3 is 2.32 bits per heavy atom. The summed E-state index contributed by atoms with van der Waals surface area (Å²) in [5.41, 5.74) is 2.42. The average molecular weight is 583 g/mol. The number of fused-ring (bicyclic) bond motifs is 1. The molecule has 1 amide bonds. The normalized spacial score (nSPS) is 16.1. The molecule has 10 heteroatoms. The predicted molar refractivity (Wildman–Crippen MR) is 155 cm³/mol. The summed E-state index contributed by atoms with van der Waals surface area (Å²) >= 11 is 9.14. The van der Waals surface area contributed by atoms with Crippen LogP contribution in [-0.2, 0) is 0 Å². The van der Waals surface area contributed by atoms with Gasteiger partial charge >= 0.3 is 0 Å². The average Bonchev–Trinajstić information content (AvgIpc) is 2.93. The molecule has 2 heterocycles. The first-order valence-corrected chi connectivity index (χ1v) is 13.7. The topological polar surface area (TPSA) is 82.0 Å². The maximum Gasteiger partial charge on any atom is 0.292 e. The largest absolute Gasteiger partial charge is 0.368 e. The minimum Gasteiger partial charge on any atom is -0.368 e. The zero-order chi connectivity index (χ0) is 25.9. The fourth-order valence-corrected chi connectivity index (χ4v) is 5.91. The van der Waals surface area contributed by atoms with E-state index in [1.54, 1.807) is 12.1 Å².